The molecule has 2 fully saturated rings. The van der Waals surface area contributed by atoms with Crippen molar-refractivity contribution in [1.82, 2.24) is 15.3 Å². The van der Waals surface area contributed by atoms with Crippen molar-refractivity contribution >= 4 is 8.07 Å². The summed E-state index contributed by atoms with van der Waals surface area (Å²) in [7, 11) is 1.49. The summed E-state index contributed by atoms with van der Waals surface area (Å²) in [5.74, 6) is 2.45. The van der Waals surface area contributed by atoms with Crippen LogP contribution in [0.4, 0.5) is 0 Å². The smallest absolute Gasteiger partial charge is 0.0593 e. The lowest BCUT2D eigenvalue weighted by molar-refractivity contribution is 0.0993. The van der Waals surface area contributed by atoms with Gasteiger partial charge in [-0.25, -0.2) is 0 Å². The van der Waals surface area contributed by atoms with Gasteiger partial charge in [-0.3, -0.25) is 4.67 Å². The zero-order chi connectivity index (χ0) is 14.0. The molecule has 2 saturated heterocycles. The minimum Gasteiger partial charge on any atom is -0.383 e. The summed E-state index contributed by atoms with van der Waals surface area (Å²) < 4.78 is 8.14. The molecule has 0 bridgehead atoms. The summed E-state index contributed by atoms with van der Waals surface area (Å²) in [4.78, 5) is 0. The molecule has 3 aliphatic rings. The van der Waals surface area contributed by atoms with Crippen molar-refractivity contribution in [3.05, 3.63) is 22.9 Å². The zero-order valence-electron chi connectivity index (χ0n) is 12.6. The third kappa shape index (κ3) is 2.55. The predicted octanol–water partition coefficient (Wildman–Crippen LogP) is 2.21. The normalized spacial score (nSPS) is 29.4. The summed E-state index contributed by atoms with van der Waals surface area (Å²) in [6, 6.07) is 0. The van der Waals surface area contributed by atoms with Crippen LogP contribution in [0.5, 0.6) is 0 Å². The molecule has 2 N–H and O–H groups in total. The zero-order valence-corrected chi connectivity index (χ0v) is 13.5. The second-order valence-electron chi connectivity index (χ2n) is 6.01. The van der Waals surface area contributed by atoms with Crippen LogP contribution < -0.4 is 10.6 Å². The molecule has 0 aromatic rings. The molecular weight excluding hydrogens is 269 g/mol. The first kappa shape index (κ1) is 14.5. The highest BCUT2D eigenvalue weighted by molar-refractivity contribution is 7.63. The highest BCUT2D eigenvalue weighted by atomic mass is 31.1. The Labute approximate surface area is 123 Å². The molecule has 0 amide bonds. The van der Waals surface area contributed by atoms with Gasteiger partial charge in [-0.05, 0) is 50.7 Å². The van der Waals surface area contributed by atoms with Crippen molar-refractivity contribution in [3.63, 3.8) is 0 Å². The first-order valence-corrected chi connectivity index (χ1v) is 9.00. The topological polar surface area (TPSA) is 36.5 Å². The molecule has 3 rings (SSSR count). The van der Waals surface area contributed by atoms with Crippen LogP contribution in [0.3, 0.4) is 0 Å². The van der Waals surface area contributed by atoms with Gasteiger partial charge in [0.2, 0.25) is 0 Å². The number of methoxy groups -OCH3 is 1. The molecule has 0 aromatic heterocycles. The Balaban J connectivity index is 1.88. The first-order valence-electron chi connectivity index (χ1n) is 7.64. The van der Waals surface area contributed by atoms with Gasteiger partial charge in [0.05, 0.1) is 12.0 Å². The summed E-state index contributed by atoms with van der Waals surface area (Å²) in [6.07, 6.45) is 5.94. The quantitative estimate of drug-likeness (QED) is 0.783. The predicted molar refractivity (Wildman–Crippen MR) is 84.8 cm³/mol. The van der Waals surface area contributed by atoms with Crippen molar-refractivity contribution < 1.29 is 4.74 Å². The molecule has 0 aromatic carbocycles. The van der Waals surface area contributed by atoms with Crippen LogP contribution in [0.2, 0.25) is 0 Å². The van der Waals surface area contributed by atoms with E-state index >= 15 is 0 Å². The SMILES string of the molecule is COCCN1P2C=CCC(C)=C2NCC12CCNCC2. The molecule has 0 saturated carbocycles. The van der Waals surface area contributed by atoms with Crippen LogP contribution >= 0.6 is 8.07 Å². The van der Waals surface area contributed by atoms with E-state index in [1.807, 2.05) is 7.11 Å². The lowest BCUT2D eigenvalue weighted by Gasteiger charge is -2.54. The molecule has 20 heavy (non-hydrogen) atoms. The van der Waals surface area contributed by atoms with Gasteiger partial charge < -0.3 is 15.4 Å². The molecule has 3 heterocycles. The molecule has 1 unspecified atom stereocenters. The Morgan fingerprint density at radius 2 is 2.20 bits per heavy atom. The molecule has 1 spiro atoms. The number of nitrogens with one attached hydrogen (secondary N) is 2. The highest BCUT2D eigenvalue weighted by Crippen LogP contribution is 2.59. The first-order chi connectivity index (χ1) is 9.77. The number of nitrogens with zero attached hydrogens (tertiary/aromatic N) is 1. The molecule has 5 heteroatoms. The van der Waals surface area contributed by atoms with E-state index in [4.69, 9.17) is 4.74 Å². The van der Waals surface area contributed by atoms with Crippen molar-refractivity contribution in [2.45, 2.75) is 31.7 Å². The summed E-state index contributed by atoms with van der Waals surface area (Å²) >= 11 is 0. The molecule has 112 valence electrons. The number of hydrogen-bond donors (Lipinski definition) is 2. The minimum atomic E-state index is -0.318. The van der Waals surface area contributed by atoms with Crippen LogP contribution in [0.25, 0.3) is 0 Å². The molecular formula is C15H26N3OP. The Morgan fingerprint density at radius 3 is 2.95 bits per heavy atom. The number of allylic oxidation sites excluding steroid dienone is 2. The van der Waals surface area contributed by atoms with E-state index in [2.05, 4.69) is 34.1 Å². The van der Waals surface area contributed by atoms with Crippen molar-refractivity contribution in [1.29, 1.82) is 0 Å². The standard InChI is InChI=1S/C15H26N3OP/c1-13-4-3-11-20-14(13)17-12-15(5-7-16-8-6-15)18(20)9-10-19-2/h3,11,16-17H,4-10,12H2,1-2H3. The van der Waals surface area contributed by atoms with E-state index in [-0.39, 0.29) is 8.07 Å². The number of piperidine rings is 1. The Kier molecular flexibility index (Phi) is 4.46. The monoisotopic (exact) mass is 295 g/mol. The highest BCUT2D eigenvalue weighted by Gasteiger charge is 2.45. The fourth-order valence-corrected chi connectivity index (χ4v) is 6.15. The van der Waals surface area contributed by atoms with Crippen LogP contribution in [0.15, 0.2) is 22.9 Å². The van der Waals surface area contributed by atoms with Gasteiger partial charge in [0.15, 0.2) is 0 Å². The number of ether oxygens (including phenoxy) is 1. The Morgan fingerprint density at radius 1 is 1.40 bits per heavy atom. The van der Waals surface area contributed by atoms with Gasteiger partial charge in [-0.2, -0.15) is 0 Å². The molecule has 0 aliphatic carbocycles. The van der Waals surface area contributed by atoms with Gasteiger partial charge in [-0.1, -0.05) is 6.08 Å². The molecule has 0 radical (unpaired) electrons. The maximum Gasteiger partial charge on any atom is 0.0593 e. The second kappa shape index (κ2) is 6.15. The molecule has 4 nitrogen and oxygen atoms in total. The van der Waals surface area contributed by atoms with E-state index in [0.29, 0.717) is 5.54 Å². The van der Waals surface area contributed by atoms with Crippen LogP contribution in [-0.4, -0.2) is 50.1 Å². The summed E-state index contributed by atoms with van der Waals surface area (Å²) in [6.45, 7) is 7.51. The number of fused-ring (bicyclic) bond motifs is 1. The summed E-state index contributed by atoms with van der Waals surface area (Å²) in [5.41, 5.74) is 3.34. The molecule has 1 atom stereocenters. The van der Waals surface area contributed by atoms with Crippen LogP contribution in [0, 0.1) is 0 Å². The average Bonchev–Trinajstić information content (AvgIpc) is 2.47. The average molecular weight is 295 g/mol. The fourth-order valence-electron chi connectivity index (χ4n) is 3.55. The third-order valence-electron chi connectivity index (χ3n) is 4.74. The van der Waals surface area contributed by atoms with E-state index in [9.17, 15) is 0 Å². The van der Waals surface area contributed by atoms with E-state index in [1.54, 1.807) is 0 Å². The summed E-state index contributed by atoms with van der Waals surface area (Å²) in [5, 5.41) is 7.29. The Hall–Kier alpha value is -0.410. The van der Waals surface area contributed by atoms with Crippen molar-refractivity contribution in [3.8, 4) is 0 Å². The largest absolute Gasteiger partial charge is 0.383 e. The number of rotatable bonds is 3. The lowest BCUT2D eigenvalue weighted by atomic mass is 9.88. The second-order valence-corrected chi connectivity index (χ2v) is 7.92. The maximum absolute atomic E-state index is 5.38. The van der Waals surface area contributed by atoms with Crippen molar-refractivity contribution in [2.75, 3.05) is 39.9 Å². The lowest BCUT2D eigenvalue weighted by Crippen LogP contribution is -2.61. The maximum atomic E-state index is 5.38. The fraction of sp³-hybridized carbons (Fsp3) is 0.733. The van der Waals surface area contributed by atoms with Crippen LogP contribution in [-0.2, 0) is 4.74 Å². The molecule has 3 aliphatic heterocycles. The minimum absolute atomic E-state index is 0.318. The number of hydrogen-bond acceptors (Lipinski definition) is 4. The van der Waals surface area contributed by atoms with E-state index in [1.165, 1.54) is 23.9 Å². The van der Waals surface area contributed by atoms with E-state index in [0.717, 1.165) is 39.2 Å². The van der Waals surface area contributed by atoms with Crippen molar-refractivity contribution in [2.24, 2.45) is 0 Å². The van der Waals surface area contributed by atoms with Gasteiger partial charge in [0.1, 0.15) is 0 Å². The van der Waals surface area contributed by atoms with Gasteiger partial charge >= 0.3 is 0 Å². The van der Waals surface area contributed by atoms with Crippen LogP contribution in [0.1, 0.15) is 26.2 Å². The third-order valence-corrected chi connectivity index (χ3v) is 7.37. The van der Waals surface area contributed by atoms with Gasteiger partial charge in [0, 0.05) is 33.8 Å². The Bertz CT molecular complexity index is 415. The van der Waals surface area contributed by atoms with Gasteiger partial charge in [0.25, 0.3) is 0 Å². The van der Waals surface area contributed by atoms with Gasteiger partial charge in [-0.15, -0.1) is 0 Å². The van der Waals surface area contributed by atoms with E-state index < -0.39 is 0 Å².